The van der Waals surface area contributed by atoms with E-state index in [-0.39, 0.29) is 12.7 Å². The Bertz CT molecular complexity index is 197. The second-order valence-corrected chi connectivity index (χ2v) is 4.24. The summed E-state index contributed by atoms with van der Waals surface area (Å²) in [5.41, 5.74) is 10.5. The van der Waals surface area contributed by atoms with Crippen LogP contribution in [0.4, 0.5) is 0 Å². The van der Waals surface area contributed by atoms with E-state index >= 15 is 0 Å². The molecule has 4 heteroatoms. The number of carbonyl (C=O) groups is 1. The SMILES string of the molecule is CC1CCCC(OCC(N)C(N)=O)C1. The van der Waals surface area contributed by atoms with Crippen LogP contribution in [0.5, 0.6) is 0 Å². The van der Waals surface area contributed by atoms with E-state index in [2.05, 4.69) is 6.92 Å². The van der Waals surface area contributed by atoms with Crippen molar-refractivity contribution in [3.05, 3.63) is 0 Å². The lowest BCUT2D eigenvalue weighted by molar-refractivity contribution is -0.121. The Hall–Kier alpha value is -0.610. The number of rotatable bonds is 4. The van der Waals surface area contributed by atoms with Gasteiger partial charge in [-0.2, -0.15) is 0 Å². The Morgan fingerprint density at radius 2 is 2.29 bits per heavy atom. The number of ether oxygens (including phenoxy) is 1. The summed E-state index contributed by atoms with van der Waals surface area (Å²) in [5.74, 6) is 0.229. The Labute approximate surface area is 85.0 Å². The van der Waals surface area contributed by atoms with E-state index in [1.165, 1.54) is 12.8 Å². The Kier molecular flexibility index (Phi) is 4.35. The van der Waals surface area contributed by atoms with Crippen LogP contribution in [0.2, 0.25) is 0 Å². The predicted molar refractivity (Wildman–Crippen MR) is 54.5 cm³/mol. The lowest BCUT2D eigenvalue weighted by Gasteiger charge is -2.27. The van der Waals surface area contributed by atoms with Crippen LogP contribution in [0.1, 0.15) is 32.6 Å². The molecule has 0 bridgehead atoms. The molecule has 0 aromatic heterocycles. The largest absolute Gasteiger partial charge is 0.376 e. The standard InChI is InChI=1S/C10H20N2O2/c1-7-3-2-4-8(5-7)14-6-9(11)10(12)13/h7-9H,2-6,11H2,1H3,(H2,12,13). The highest BCUT2D eigenvalue weighted by Gasteiger charge is 2.20. The molecule has 0 aromatic rings. The molecule has 82 valence electrons. The average molecular weight is 200 g/mol. The van der Waals surface area contributed by atoms with Crippen LogP contribution in [0.3, 0.4) is 0 Å². The van der Waals surface area contributed by atoms with Crippen molar-refractivity contribution >= 4 is 5.91 Å². The molecule has 0 heterocycles. The molecule has 14 heavy (non-hydrogen) atoms. The fraction of sp³-hybridized carbons (Fsp3) is 0.900. The molecule has 0 radical (unpaired) electrons. The fourth-order valence-electron chi connectivity index (χ4n) is 1.85. The van der Waals surface area contributed by atoms with Crippen molar-refractivity contribution in [3.8, 4) is 0 Å². The zero-order chi connectivity index (χ0) is 10.6. The van der Waals surface area contributed by atoms with E-state index in [0.717, 1.165) is 18.8 Å². The molecular formula is C10H20N2O2. The minimum atomic E-state index is -0.660. The third kappa shape index (κ3) is 3.64. The van der Waals surface area contributed by atoms with Gasteiger partial charge in [0, 0.05) is 0 Å². The van der Waals surface area contributed by atoms with E-state index < -0.39 is 11.9 Å². The van der Waals surface area contributed by atoms with Crippen LogP contribution in [-0.2, 0) is 9.53 Å². The molecule has 3 atom stereocenters. The minimum Gasteiger partial charge on any atom is -0.376 e. The van der Waals surface area contributed by atoms with Gasteiger partial charge in [-0.3, -0.25) is 4.79 Å². The molecule has 1 fully saturated rings. The van der Waals surface area contributed by atoms with E-state index in [1.807, 2.05) is 0 Å². The van der Waals surface area contributed by atoms with Crippen molar-refractivity contribution in [1.82, 2.24) is 0 Å². The van der Waals surface area contributed by atoms with Gasteiger partial charge in [0.25, 0.3) is 0 Å². The summed E-state index contributed by atoms with van der Waals surface area (Å²) in [5, 5.41) is 0. The van der Waals surface area contributed by atoms with Crippen LogP contribution in [0.25, 0.3) is 0 Å². The van der Waals surface area contributed by atoms with Gasteiger partial charge in [0.15, 0.2) is 0 Å². The monoisotopic (exact) mass is 200 g/mol. The van der Waals surface area contributed by atoms with Crippen molar-refractivity contribution in [3.63, 3.8) is 0 Å². The average Bonchev–Trinajstić information content (AvgIpc) is 2.14. The normalized spacial score (nSPS) is 29.9. The summed E-state index contributed by atoms with van der Waals surface area (Å²) in [6, 6.07) is -0.660. The zero-order valence-electron chi connectivity index (χ0n) is 8.74. The van der Waals surface area contributed by atoms with Gasteiger partial charge in [0.2, 0.25) is 5.91 Å². The van der Waals surface area contributed by atoms with Crippen LogP contribution in [-0.4, -0.2) is 24.7 Å². The van der Waals surface area contributed by atoms with Crippen molar-refractivity contribution < 1.29 is 9.53 Å². The summed E-state index contributed by atoms with van der Waals surface area (Å²) in [7, 11) is 0. The third-order valence-corrected chi connectivity index (χ3v) is 2.77. The van der Waals surface area contributed by atoms with Crippen molar-refractivity contribution in [2.45, 2.75) is 44.8 Å². The van der Waals surface area contributed by atoms with Crippen LogP contribution >= 0.6 is 0 Å². The van der Waals surface area contributed by atoms with Gasteiger partial charge in [0.05, 0.1) is 12.7 Å². The van der Waals surface area contributed by atoms with E-state index in [4.69, 9.17) is 16.2 Å². The number of hydrogen-bond acceptors (Lipinski definition) is 3. The first kappa shape index (κ1) is 11.5. The molecule has 0 aromatic carbocycles. The molecule has 0 spiro atoms. The first-order valence-corrected chi connectivity index (χ1v) is 5.26. The maximum absolute atomic E-state index is 10.7. The molecule has 0 saturated heterocycles. The fourth-order valence-corrected chi connectivity index (χ4v) is 1.85. The molecule has 1 aliphatic rings. The number of hydrogen-bond donors (Lipinski definition) is 2. The Balaban J connectivity index is 2.20. The van der Waals surface area contributed by atoms with Gasteiger partial charge in [-0.15, -0.1) is 0 Å². The van der Waals surface area contributed by atoms with Gasteiger partial charge in [0.1, 0.15) is 6.04 Å². The summed E-state index contributed by atoms with van der Waals surface area (Å²) in [6.07, 6.45) is 4.91. The first-order valence-electron chi connectivity index (χ1n) is 5.26. The molecule has 3 unspecified atom stereocenters. The number of amides is 1. The number of primary amides is 1. The molecule has 4 nitrogen and oxygen atoms in total. The Morgan fingerprint density at radius 1 is 1.57 bits per heavy atom. The van der Waals surface area contributed by atoms with Gasteiger partial charge in [-0.1, -0.05) is 19.8 Å². The van der Waals surface area contributed by atoms with Gasteiger partial charge >= 0.3 is 0 Å². The zero-order valence-corrected chi connectivity index (χ0v) is 8.74. The highest BCUT2D eigenvalue weighted by atomic mass is 16.5. The summed E-state index contributed by atoms with van der Waals surface area (Å²) < 4.78 is 5.55. The molecule has 1 aliphatic carbocycles. The quantitative estimate of drug-likeness (QED) is 0.689. The second-order valence-electron chi connectivity index (χ2n) is 4.24. The van der Waals surface area contributed by atoms with E-state index in [1.54, 1.807) is 0 Å². The van der Waals surface area contributed by atoms with Crippen molar-refractivity contribution in [1.29, 1.82) is 0 Å². The number of carbonyl (C=O) groups excluding carboxylic acids is 1. The number of nitrogens with two attached hydrogens (primary N) is 2. The van der Waals surface area contributed by atoms with Gasteiger partial charge in [-0.25, -0.2) is 0 Å². The predicted octanol–water partition coefficient (Wildman–Crippen LogP) is 0.394. The molecular weight excluding hydrogens is 180 g/mol. The Morgan fingerprint density at radius 3 is 2.86 bits per heavy atom. The van der Waals surface area contributed by atoms with E-state index in [9.17, 15) is 4.79 Å². The van der Waals surface area contributed by atoms with Crippen LogP contribution < -0.4 is 11.5 Å². The lowest BCUT2D eigenvalue weighted by atomic mass is 9.89. The van der Waals surface area contributed by atoms with E-state index in [0.29, 0.717) is 0 Å². The summed E-state index contributed by atoms with van der Waals surface area (Å²) >= 11 is 0. The minimum absolute atomic E-state index is 0.257. The van der Waals surface area contributed by atoms with Gasteiger partial charge < -0.3 is 16.2 Å². The molecule has 1 rings (SSSR count). The second kappa shape index (κ2) is 5.32. The molecule has 0 aliphatic heterocycles. The smallest absolute Gasteiger partial charge is 0.236 e. The van der Waals surface area contributed by atoms with Crippen molar-refractivity contribution in [2.24, 2.45) is 17.4 Å². The summed E-state index contributed by atoms with van der Waals surface area (Å²) in [6.45, 7) is 2.48. The highest BCUT2D eigenvalue weighted by molar-refractivity contribution is 5.79. The summed E-state index contributed by atoms with van der Waals surface area (Å²) in [4.78, 5) is 10.7. The molecule has 4 N–H and O–H groups in total. The maximum Gasteiger partial charge on any atom is 0.236 e. The first-order chi connectivity index (χ1) is 6.59. The van der Waals surface area contributed by atoms with Gasteiger partial charge in [-0.05, 0) is 18.8 Å². The third-order valence-electron chi connectivity index (χ3n) is 2.77. The van der Waals surface area contributed by atoms with Crippen LogP contribution in [0.15, 0.2) is 0 Å². The molecule has 1 saturated carbocycles. The van der Waals surface area contributed by atoms with Crippen LogP contribution in [0, 0.1) is 5.92 Å². The topological polar surface area (TPSA) is 78.3 Å². The lowest BCUT2D eigenvalue weighted by Crippen LogP contribution is -2.41. The van der Waals surface area contributed by atoms with Crippen molar-refractivity contribution in [2.75, 3.05) is 6.61 Å². The highest BCUT2D eigenvalue weighted by Crippen LogP contribution is 2.25. The maximum atomic E-state index is 10.7. The molecule has 1 amide bonds.